The van der Waals surface area contributed by atoms with Crippen LogP contribution >= 0.6 is 11.3 Å². The molecule has 0 atom stereocenters. The number of anilines is 1. The van der Waals surface area contributed by atoms with Gasteiger partial charge in [0.05, 0.1) is 17.8 Å². The lowest BCUT2D eigenvalue weighted by Crippen LogP contribution is -2.32. The number of aryl methyl sites for hydroxylation is 2. The Hall–Kier alpha value is -4.10. The number of nitrogens with zero attached hydrogens (tertiary/aromatic N) is 4. The van der Waals surface area contributed by atoms with Crippen molar-refractivity contribution in [1.82, 2.24) is 14.6 Å². The molecule has 0 bridgehead atoms. The van der Waals surface area contributed by atoms with Crippen molar-refractivity contribution < 1.29 is 4.79 Å². The van der Waals surface area contributed by atoms with E-state index in [2.05, 4.69) is 10.1 Å². The average Bonchev–Trinajstić information content (AvgIpc) is 3.47. The van der Waals surface area contributed by atoms with Crippen LogP contribution in [0.2, 0.25) is 0 Å². The highest BCUT2D eigenvalue weighted by molar-refractivity contribution is 7.15. The van der Waals surface area contributed by atoms with Gasteiger partial charge in [-0.25, -0.2) is 0 Å². The minimum absolute atomic E-state index is 0.178. The number of carbonyl (C=O) groups excluding carboxylic acids is 1. The number of benzene rings is 3. The fourth-order valence-corrected chi connectivity index (χ4v) is 5.35. The first-order valence-corrected chi connectivity index (χ1v) is 11.8. The van der Waals surface area contributed by atoms with Crippen LogP contribution in [0.15, 0.2) is 77.6 Å². The van der Waals surface area contributed by atoms with E-state index in [1.54, 1.807) is 4.90 Å². The molecule has 7 heteroatoms. The number of amides is 1. The molecule has 0 saturated heterocycles. The van der Waals surface area contributed by atoms with Crippen LogP contribution in [0.25, 0.3) is 21.9 Å². The van der Waals surface area contributed by atoms with Crippen molar-refractivity contribution in [2.24, 2.45) is 0 Å². The molecule has 1 aliphatic heterocycles. The number of hydrogen-bond acceptors (Lipinski definition) is 5. The van der Waals surface area contributed by atoms with Crippen LogP contribution in [0.4, 0.5) is 5.69 Å². The van der Waals surface area contributed by atoms with Crippen molar-refractivity contribution in [1.29, 1.82) is 0 Å². The van der Waals surface area contributed by atoms with Crippen LogP contribution < -0.4 is 15.0 Å². The standard InChI is InChI=1S/C27H20N4O2S/c1-16-11-13-18(14-12-16)15-30-21-10-6-5-9-20(21)22(25(30)32)23-26(33)31-27(34-23)28-24(29-31)19-8-4-3-7-17(19)2/h3-14H,15H2,1-2H3/b23-22+. The maximum Gasteiger partial charge on any atom is 0.291 e. The zero-order valence-corrected chi connectivity index (χ0v) is 19.5. The quantitative estimate of drug-likeness (QED) is 0.406. The Bertz CT molecular complexity index is 1700. The minimum atomic E-state index is -0.317. The number of aromatic nitrogens is 3. The molecule has 3 heterocycles. The van der Waals surface area contributed by atoms with E-state index in [9.17, 15) is 9.59 Å². The molecule has 1 aliphatic rings. The van der Waals surface area contributed by atoms with Crippen LogP contribution in [0.3, 0.4) is 0 Å². The Morgan fingerprint density at radius 3 is 2.29 bits per heavy atom. The van der Waals surface area contributed by atoms with Gasteiger partial charge in [-0.3, -0.25) is 9.59 Å². The van der Waals surface area contributed by atoms with Gasteiger partial charge in [0.25, 0.3) is 11.5 Å². The largest absolute Gasteiger partial charge is 0.303 e. The van der Waals surface area contributed by atoms with E-state index >= 15 is 0 Å². The van der Waals surface area contributed by atoms with Crippen LogP contribution in [-0.2, 0) is 11.3 Å². The van der Waals surface area contributed by atoms with Crippen molar-refractivity contribution in [3.8, 4) is 11.4 Å². The van der Waals surface area contributed by atoms with Crippen LogP contribution in [-0.4, -0.2) is 20.5 Å². The summed E-state index contributed by atoms with van der Waals surface area (Å²) in [6, 6.07) is 23.5. The van der Waals surface area contributed by atoms with E-state index in [0.29, 0.717) is 27.4 Å². The normalized spacial score (nSPS) is 14.8. The molecule has 0 unspecified atom stereocenters. The Kier molecular flexibility index (Phi) is 4.67. The van der Waals surface area contributed by atoms with Gasteiger partial charge in [0.1, 0.15) is 4.53 Å². The van der Waals surface area contributed by atoms with Gasteiger partial charge in [0.15, 0.2) is 5.82 Å². The SMILES string of the molecule is Cc1ccc(CN2C(=O)/C(=c3/sc4nc(-c5ccccc5C)nn4c3=O)c3ccccc32)cc1. The second kappa shape index (κ2) is 7.74. The van der Waals surface area contributed by atoms with Gasteiger partial charge in [-0.05, 0) is 31.0 Å². The summed E-state index contributed by atoms with van der Waals surface area (Å²) in [5.41, 5.74) is 5.79. The highest BCUT2D eigenvalue weighted by Crippen LogP contribution is 2.36. The molecule has 0 fully saturated rings. The zero-order valence-electron chi connectivity index (χ0n) is 18.6. The third-order valence-electron chi connectivity index (χ3n) is 6.15. The first kappa shape index (κ1) is 20.5. The Labute approximate surface area is 199 Å². The predicted molar refractivity (Wildman–Crippen MR) is 134 cm³/mol. The van der Waals surface area contributed by atoms with Crippen LogP contribution in [0.5, 0.6) is 0 Å². The highest BCUT2D eigenvalue weighted by atomic mass is 32.1. The first-order valence-electron chi connectivity index (χ1n) is 11.0. The number of fused-ring (bicyclic) bond motifs is 2. The van der Waals surface area contributed by atoms with Crippen molar-refractivity contribution in [3.63, 3.8) is 0 Å². The van der Waals surface area contributed by atoms with Gasteiger partial charge in [0, 0.05) is 11.1 Å². The van der Waals surface area contributed by atoms with Gasteiger partial charge in [-0.2, -0.15) is 9.50 Å². The summed E-state index contributed by atoms with van der Waals surface area (Å²) in [5, 5.41) is 4.48. The molecule has 0 saturated carbocycles. The molecule has 1 amide bonds. The van der Waals surface area contributed by atoms with Gasteiger partial charge in [-0.1, -0.05) is 83.6 Å². The molecule has 0 N–H and O–H groups in total. The summed E-state index contributed by atoms with van der Waals surface area (Å²) in [6.45, 7) is 4.46. The summed E-state index contributed by atoms with van der Waals surface area (Å²) in [5.74, 6) is 0.333. The van der Waals surface area contributed by atoms with Crippen LogP contribution in [0, 0.1) is 13.8 Å². The number of hydrogen-bond donors (Lipinski definition) is 0. The number of thiazole rings is 1. The maximum absolute atomic E-state index is 13.6. The molecule has 0 radical (unpaired) electrons. The number of para-hydroxylation sites is 1. The first-order chi connectivity index (χ1) is 16.5. The molecule has 166 valence electrons. The Morgan fingerprint density at radius 2 is 1.56 bits per heavy atom. The van der Waals surface area contributed by atoms with Crippen molar-refractivity contribution in [2.45, 2.75) is 20.4 Å². The Morgan fingerprint density at radius 1 is 0.853 bits per heavy atom. The summed E-state index contributed by atoms with van der Waals surface area (Å²) in [4.78, 5) is 33.8. The molecule has 5 aromatic rings. The molecule has 0 spiro atoms. The van der Waals surface area contributed by atoms with E-state index in [1.807, 2.05) is 86.6 Å². The zero-order chi connectivity index (χ0) is 23.4. The van der Waals surface area contributed by atoms with E-state index in [1.165, 1.54) is 21.4 Å². The van der Waals surface area contributed by atoms with Gasteiger partial charge >= 0.3 is 0 Å². The summed E-state index contributed by atoms with van der Waals surface area (Å²) < 4.78 is 1.68. The molecular formula is C27H20N4O2S. The lowest BCUT2D eigenvalue weighted by atomic mass is 10.1. The maximum atomic E-state index is 13.6. The molecule has 3 aromatic carbocycles. The molecule has 6 nitrogen and oxygen atoms in total. The predicted octanol–water partition coefficient (Wildman–Crippen LogP) is 3.90. The lowest BCUT2D eigenvalue weighted by Gasteiger charge is -2.17. The average molecular weight is 465 g/mol. The molecule has 0 aliphatic carbocycles. The van der Waals surface area contributed by atoms with Crippen molar-refractivity contribution >= 4 is 33.5 Å². The van der Waals surface area contributed by atoms with Gasteiger partial charge in [-0.15, -0.1) is 5.10 Å². The number of rotatable bonds is 3. The molecule has 34 heavy (non-hydrogen) atoms. The van der Waals surface area contributed by atoms with E-state index in [-0.39, 0.29) is 11.5 Å². The van der Waals surface area contributed by atoms with Crippen LogP contribution in [0.1, 0.15) is 22.3 Å². The summed E-state index contributed by atoms with van der Waals surface area (Å²) in [7, 11) is 0. The highest BCUT2D eigenvalue weighted by Gasteiger charge is 2.34. The number of carbonyl (C=O) groups is 1. The Balaban J connectivity index is 1.50. The van der Waals surface area contributed by atoms with E-state index in [0.717, 1.165) is 27.9 Å². The summed E-state index contributed by atoms with van der Waals surface area (Å²) in [6.07, 6.45) is 0. The monoisotopic (exact) mass is 464 g/mol. The second-order valence-electron chi connectivity index (χ2n) is 8.45. The fourth-order valence-electron chi connectivity index (χ4n) is 4.36. The lowest BCUT2D eigenvalue weighted by molar-refractivity contribution is -0.113. The molecule has 2 aromatic heterocycles. The van der Waals surface area contributed by atoms with Crippen molar-refractivity contribution in [3.05, 3.63) is 110 Å². The van der Waals surface area contributed by atoms with E-state index in [4.69, 9.17) is 0 Å². The smallest absolute Gasteiger partial charge is 0.291 e. The molecular weight excluding hydrogens is 444 g/mol. The third kappa shape index (κ3) is 3.16. The van der Waals surface area contributed by atoms with Gasteiger partial charge in [0.2, 0.25) is 4.96 Å². The molecule has 6 rings (SSSR count). The topological polar surface area (TPSA) is 67.6 Å². The van der Waals surface area contributed by atoms with Crippen molar-refractivity contribution in [2.75, 3.05) is 4.90 Å². The minimum Gasteiger partial charge on any atom is -0.303 e. The van der Waals surface area contributed by atoms with E-state index < -0.39 is 0 Å². The fraction of sp³-hybridized carbons (Fsp3) is 0.111. The third-order valence-corrected chi connectivity index (χ3v) is 7.18. The summed E-state index contributed by atoms with van der Waals surface area (Å²) >= 11 is 1.21. The second-order valence-corrected chi connectivity index (χ2v) is 9.43. The van der Waals surface area contributed by atoms with Gasteiger partial charge < -0.3 is 4.90 Å².